The lowest BCUT2D eigenvalue weighted by atomic mass is 9.92. The molecule has 2 aliphatic rings. The quantitative estimate of drug-likeness (QED) is 0.482. The molecule has 0 bridgehead atoms. The second-order valence-corrected chi connectivity index (χ2v) is 9.60. The van der Waals surface area contributed by atoms with Crippen molar-refractivity contribution in [3.63, 3.8) is 0 Å². The van der Waals surface area contributed by atoms with Gasteiger partial charge >= 0.3 is 6.18 Å². The topological polar surface area (TPSA) is 66.7 Å². The van der Waals surface area contributed by atoms with E-state index in [-0.39, 0.29) is 17.8 Å². The van der Waals surface area contributed by atoms with Crippen molar-refractivity contribution in [2.24, 2.45) is 0 Å². The van der Waals surface area contributed by atoms with Crippen molar-refractivity contribution in [3.8, 4) is 5.75 Å². The van der Waals surface area contributed by atoms with E-state index in [0.717, 1.165) is 69.4 Å². The summed E-state index contributed by atoms with van der Waals surface area (Å²) in [5.41, 5.74) is 6.00. The SMILES string of the molecule is CCCCN1CCN(c2cncc(OC3CCC(Nc4ccc(N)c(C(F)(F)F)c4)CC3)c2)CC1. The number of ether oxygens (including phenoxy) is 1. The normalized spacial score (nSPS) is 21.7. The van der Waals surface area contributed by atoms with Crippen LogP contribution < -0.4 is 20.7 Å². The summed E-state index contributed by atoms with van der Waals surface area (Å²) in [6.07, 6.45) is 5.06. The van der Waals surface area contributed by atoms with Crippen molar-refractivity contribution in [3.05, 3.63) is 42.2 Å². The number of halogens is 3. The number of pyridine rings is 1. The maximum absolute atomic E-state index is 13.1. The molecule has 1 aromatic carbocycles. The van der Waals surface area contributed by atoms with E-state index in [1.165, 1.54) is 25.5 Å². The van der Waals surface area contributed by atoms with Crippen LogP contribution in [-0.2, 0) is 6.18 Å². The average Bonchev–Trinajstić information content (AvgIpc) is 2.85. The molecule has 1 saturated heterocycles. The first kappa shape index (κ1) is 25.4. The van der Waals surface area contributed by atoms with Crippen molar-refractivity contribution in [1.29, 1.82) is 0 Å². The van der Waals surface area contributed by atoms with Crippen LogP contribution in [0.1, 0.15) is 51.0 Å². The Hall–Kier alpha value is -2.68. The Bertz CT molecular complexity index is 954. The molecule has 0 spiro atoms. The summed E-state index contributed by atoms with van der Waals surface area (Å²) < 4.78 is 45.7. The number of nitrogen functional groups attached to an aromatic ring is 1. The second kappa shape index (κ2) is 11.4. The zero-order valence-corrected chi connectivity index (χ0v) is 20.4. The van der Waals surface area contributed by atoms with E-state index in [0.29, 0.717) is 5.69 Å². The Morgan fingerprint density at radius 3 is 2.49 bits per heavy atom. The molecule has 1 aromatic heterocycles. The van der Waals surface area contributed by atoms with Gasteiger partial charge in [-0.1, -0.05) is 13.3 Å². The lowest BCUT2D eigenvalue weighted by Crippen LogP contribution is -2.46. The molecule has 1 saturated carbocycles. The molecule has 2 fully saturated rings. The van der Waals surface area contributed by atoms with Gasteiger partial charge in [0, 0.05) is 49.7 Å². The lowest BCUT2D eigenvalue weighted by molar-refractivity contribution is -0.136. The molecule has 1 aliphatic carbocycles. The fourth-order valence-electron chi connectivity index (χ4n) is 4.90. The molecule has 0 atom stereocenters. The summed E-state index contributed by atoms with van der Waals surface area (Å²) in [6.45, 7) is 7.52. The van der Waals surface area contributed by atoms with E-state index < -0.39 is 11.7 Å². The largest absolute Gasteiger partial charge is 0.489 e. The van der Waals surface area contributed by atoms with Gasteiger partial charge in [-0.15, -0.1) is 0 Å². The summed E-state index contributed by atoms with van der Waals surface area (Å²) in [7, 11) is 0. The molecule has 9 heteroatoms. The van der Waals surface area contributed by atoms with Crippen molar-refractivity contribution >= 4 is 17.1 Å². The summed E-state index contributed by atoms with van der Waals surface area (Å²) in [4.78, 5) is 9.29. The molecule has 1 aliphatic heterocycles. The van der Waals surface area contributed by atoms with Crippen LogP contribution in [0.2, 0.25) is 0 Å². The molecular weight excluding hydrogens is 455 g/mol. The maximum atomic E-state index is 13.1. The minimum Gasteiger partial charge on any atom is -0.489 e. The number of rotatable bonds is 8. The van der Waals surface area contributed by atoms with E-state index in [1.54, 1.807) is 12.3 Å². The van der Waals surface area contributed by atoms with Gasteiger partial charge in [0.2, 0.25) is 0 Å². The summed E-state index contributed by atoms with van der Waals surface area (Å²) >= 11 is 0. The van der Waals surface area contributed by atoms with Crippen LogP contribution in [0, 0.1) is 0 Å². The number of piperazine rings is 1. The van der Waals surface area contributed by atoms with Crippen LogP contribution in [0.4, 0.5) is 30.2 Å². The highest BCUT2D eigenvalue weighted by Crippen LogP contribution is 2.36. The third-order valence-electron chi connectivity index (χ3n) is 6.97. The predicted octanol–water partition coefficient (Wildman–Crippen LogP) is 5.41. The minimum atomic E-state index is -4.46. The molecule has 6 nitrogen and oxygen atoms in total. The summed E-state index contributed by atoms with van der Waals surface area (Å²) in [5.74, 6) is 0.778. The Morgan fingerprint density at radius 1 is 1.06 bits per heavy atom. The van der Waals surface area contributed by atoms with Crippen LogP contribution >= 0.6 is 0 Å². The number of benzene rings is 1. The molecule has 0 radical (unpaired) electrons. The lowest BCUT2D eigenvalue weighted by Gasteiger charge is -2.36. The van der Waals surface area contributed by atoms with Crippen LogP contribution in [0.3, 0.4) is 0 Å². The smallest absolute Gasteiger partial charge is 0.418 e. The van der Waals surface area contributed by atoms with Gasteiger partial charge in [-0.05, 0) is 56.8 Å². The first-order valence-corrected chi connectivity index (χ1v) is 12.6. The predicted molar refractivity (Wildman–Crippen MR) is 134 cm³/mol. The number of hydrogen-bond acceptors (Lipinski definition) is 6. The summed E-state index contributed by atoms with van der Waals surface area (Å²) in [5, 5.41) is 3.24. The number of aromatic nitrogens is 1. The standard InChI is InChI=1S/C26H36F3N5O/c1-2-3-10-33-11-13-34(14-12-33)21-16-23(18-31-17-21)35-22-7-4-19(5-8-22)32-20-6-9-25(30)24(15-20)26(27,28)29/h6,9,15-19,22,32H,2-5,7-8,10-14,30H2,1H3. The molecule has 2 aromatic rings. The number of nitrogens with one attached hydrogen (secondary N) is 1. The Balaban J connectivity index is 1.26. The summed E-state index contributed by atoms with van der Waals surface area (Å²) in [6, 6.07) is 6.19. The van der Waals surface area contributed by atoms with E-state index in [9.17, 15) is 13.2 Å². The molecule has 2 heterocycles. The van der Waals surface area contributed by atoms with Gasteiger partial charge in [-0.25, -0.2) is 0 Å². The van der Waals surface area contributed by atoms with E-state index in [1.807, 2.05) is 6.20 Å². The Labute approximate surface area is 205 Å². The van der Waals surface area contributed by atoms with Gasteiger partial charge in [0.1, 0.15) is 5.75 Å². The van der Waals surface area contributed by atoms with Gasteiger partial charge in [0.05, 0.1) is 29.7 Å². The maximum Gasteiger partial charge on any atom is 0.418 e. The highest BCUT2D eigenvalue weighted by atomic mass is 19.4. The van der Waals surface area contributed by atoms with Gasteiger partial charge in [0.25, 0.3) is 0 Å². The van der Waals surface area contributed by atoms with Gasteiger partial charge in [0.15, 0.2) is 0 Å². The van der Waals surface area contributed by atoms with Gasteiger partial charge < -0.3 is 20.7 Å². The number of hydrogen-bond donors (Lipinski definition) is 2. The highest BCUT2D eigenvalue weighted by molar-refractivity contribution is 5.58. The van der Waals surface area contributed by atoms with Crippen molar-refractivity contribution < 1.29 is 17.9 Å². The van der Waals surface area contributed by atoms with Crippen LogP contribution in [0.25, 0.3) is 0 Å². The van der Waals surface area contributed by atoms with E-state index in [2.05, 4.69) is 33.1 Å². The van der Waals surface area contributed by atoms with Crippen molar-refractivity contribution in [2.75, 3.05) is 48.7 Å². The molecule has 4 rings (SSSR count). The zero-order valence-electron chi connectivity index (χ0n) is 20.4. The first-order chi connectivity index (χ1) is 16.8. The minimum absolute atomic E-state index is 0.0770. The average molecular weight is 492 g/mol. The number of unbranched alkanes of at least 4 members (excludes halogenated alkanes) is 1. The zero-order chi connectivity index (χ0) is 24.8. The Morgan fingerprint density at radius 2 is 1.80 bits per heavy atom. The number of alkyl halides is 3. The van der Waals surface area contributed by atoms with E-state index in [4.69, 9.17) is 10.5 Å². The molecule has 192 valence electrons. The number of nitrogens with two attached hydrogens (primary N) is 1. The fraction of sp³-hybridized carbons (Fsp3) is 0.577. The molecule has 0 unspecified atom stereocenters. The van der Waals surface area contributed by atoms with Crippen LogP contribution in [0.15, 0.2) is 36.7 Å². The van der Waals surface area contributed by atoms with Crippen molar-refractivity contribution in [2.45, 2.75) is 63.8 Å². The second-order valence-electron chi connectivity index (χ2n) is 9.60. The third kappa shape index (κ3) is 6.93. The van der Waals surface area contributed by atoms with Crippen LogP contribution in [0.5, 0.6) is 5.75 Å². The van der Waals surface area contributed by atoms with Crippen LogP contribution in [-0.4, -0.2) is 54.8 Å². The third-order valence-corrected chi connectivity index (χ3v) is 6.97. The molecule has 35 heavy (non-hydrogen) atoms. The number of nitrogens with zero attached hydrogens (tertiary/aromatic N) is 3. The van der Waals surface area contributed by atoms with E-state index >= 15 is 0 Å². The molecular formula is C26H36F3N5O. The molecule has 0 amide bonds. The van der Waals surface area contributed by atoms with Gasteiger partial charge in [-0.2, -0.15) is 13.2 Å². The fourth-order valence-corrected chi connectivity index (χ4v) is 4.90. The number of anilines is 3. The van der Waals surface area contributed by atoms with Crippen molar-refractivity contribution in [1.82, 2.24) is 9.88 Å². The van der Waals surface area contributed by atoms with Gasteiger partial charge in [-0.3, -0.25) is 9.88 Å². The molecule has 3 N–H and O–H groups in total. The monoisotopic (exact) mass is 491 g/mol. The first-order valence-electron chi connectivity index (χ1n) is 12.6. The highest BCUT2D eigenvalue weighted by Gasteiger charge is 2.33. The Kier molecular flexibility index (Phi) is 8.26.